The Bertz CT molecular complexity index is 913. The Morgan fingerprint density at radius 3 is 1.31 bits per heavy atom. The predicted molar refractivity (Wildman–Crippen MR) is 120 cm³/mol. The van der Waals surface area contributed by atoms with Crippen molar-refractivity contribution in [2.75, 3.05) is 41.5 Å². The van der Waals surface area contributed by atoms with E-state index >= 15 is 0 Å². The smallest absolute Gasteiger partial charge is 0.254 e. The molecule has 2 amide bonds. The third kappa shape index (κ3) is 4.44. The average molecular weight is 443 g/mol. The molecule has 0 N–H and O–H groups in total. The molecule has 1 aliphatic heterocycles. The van der Waals surface area contributed by atoms with Crippen LogP contribution in [0.3, 0.4) is 0 Å². The molecule has 2 aromatic rings. The van der Waals surface area contributed by atoms with Gasteiger partial charge in [0.1, 0.15) is 0 Å². The molecule has 1 heterocycles. The Morgan fingerprint density at radius 2 is 1.00 bits per heavy atom. The summed E-state index contributed by atoms with van der Waals surface area (Å²) in [4.78, 5) is 30.0. The molecule has 8 heteroatoms. The van der Waals surface area contributed by atoms with Crippen LogP contribution in [0, 0.1) is 0 Å². The highest BCUT2D eigenvalue weighted by atomic mass is 16.5. The van der Waals surface area contributed by atoms with Crippen LogP contribution in [-0.2, 0) is 0 Å². The molecule has 1 fully saturated rings. The topological polar surface area (TPSA) is 77.5 Å². The van der Waals surface area contributed by atoms with E-state index in [2.05, 4.69) is 0 Å². The van der Waals surface area contributed by atoms with Crippen molar-refractivity contribution in [3.05, 3.63) is 47.5 Å². The number of ether oxygens (including phenoxy) is 4. The summed E-state index contributed by atoms with van der Waals surface area (Å²) in [6.45, 7) is 4.74. The lowest BCUT2D eigenvalue weighted by Crippen LogP contribution is -2.59. The van der Waals surface area contributed by atoms with Crippen LogP contribution in [-0.4, -0.2) is 75.2 Å². The minimum absolute atomic E-state index is 0.108. The summed E-state index contributed by atoms with van der Waals surface area (Å²) in [5.41, 5.74) is 1.03. The van der Waals surface area contributed by atoms with E-state index in [1.807, 2.05) is 13.8 Å². The summed E-state index contributed by atoms with van der Waals surface area (Å²) in [6, 6.07) is 9.93. The maximum absolute atomic E-state index is 13.2. The Kier molecular flexibility index (Phi) is 7.12. The van der Waals surface area contributed by atoms with Crippen molar-refractivity contribution in [1.82, 2.24) is 9.80 Å². The van der Waals surface area contributed by atoms with Gasteiger partial charge in [0.05, 0.1) is 28.4 Å². The largest absolute Gasteiger partial charge is 0.493 e. The molecule has 172 valence electrons. The van der Waals surface area contributed by atoms with Crippen molar-refractivity contribution in [2.24, 2.45) is 0 Å². The molecule has 32 heavy (non-hydrogen) atoms. The third-order valence-corrected chi connectivity index (χ3v) is 5.77. The monoisotopic (exact) mass is 442 g/mol. The van der Waals surface area contributed by atoms with Crippen LogP contribution >= 0.6 is 0 Å². The number of hydrogen-bond acceptors (Lipinski definition) is 6. The normalized spacial score (nSPS) is 18.2. The Hall–Kier alpha value is -3.42. The standard InChI is InChI=1S/C24H30N2O6/c1-15-13-26(24(28)18-8-10-20(30-4)22(12-18)32-6)16(2)14-25(15)23(27)17-7-9-19(29-3)21(11-17)31-5/h7-12,15-16H,13-14H2,1-6H3/t15-,16-/m0/s1. The maximum atomic E-state index is 13.2. The van der Waals surface area contributed by atoms with Gasteiger partial charge in [0.15, 0.2) is 23.0 Å². The molecule has 0 saturated carbocycles. The van der Waals surface area contributed by atoms with E-state index in [4.69, 9.17) is 18.9 Å². The van der Waals surface area contributed by atoms with Crippen molar-refractivity contribution < 1.29 is 28.5 Å². The van der Waals surface area contributed by atoms with E-state index in [1.54, 1.807) is 60.4 Å². The van der Waals surface area contributed by atoms with Gasteiger partial charge in [-0.1, -0.05) is 0 Å². The molecule has 0 radical (unpaired) electrons. The number of nitrogens with zero attached hydrogens (tertiary/aromatic N) is 2. The Morgan fingerprint density at radius 1 is 0.656 bits per heavy atom. The summed E-state index contributed by atoms with van der Waals surface area (Å²) in [7, 11) is 6.18. The van der Waals surface area contributed by atoms with Crippen molar-refractivity contribution in [1.29, 1.82) is 0 Å². The van der Waals surface area contributed by atoms with E-state index in [9.17, 15) is 9.59 Å². The number of amides is 2. The second kappa shape index (κ2) is 9.80. The van der Waals surface area contributed by atoms with Crippen LogP contribution in [0.5, 0.6) is 23.0 Å². The Labute approximate surface area is 188 Å². The highest BCUT2D eigenvalue weighted by Gasteiger charge is 2.35. The molecular formula is C24H30N2O6. The van der Waals surface area contributed by atoms with Crippen LogP contribution in [0.2, 0.25) is 0 Å². The van der Waals surface area contributed by atoms with Crippen LogP contribution in [0.15, 0.2) is 36.4 Å². The lowest BCUT2D eigenvalue weighted by atomic mass is 10.0. The third-order valence-electron chi connectivity index (χ3n) is 5.77. The summed E-state index contributed by atoms with van der Waals surface area (Å²) in [5.74, 6) is 1.92. The van der Waals surface area contributed by atoms with Gasteiger partial charge in [0.25, 0.3) is 11.8 Å². The van der Waals surface area contributed by atoms with Gasteiger partial charge in [0.2, 0.25) is 0 Å². The SMILES string of the molecule is COc1ccc(C(=O)N2C[C@H](C)N(C(=O)c3ccc(OC)c(OC)c3)C[C@@H]2C)cc1OC. The van der Waals surface area contributed by atoms with Crippen molar-refractivity contribution in [3.63, 3.8) is 0 Å². The summed E-state index contributed by atoms with van der Waals surface area (Å²) >= 11 is 0. The molecular weight excluding hydrogens is 412 g/mol. The average Bonchev–Trinajstić information content (AvgIpc) is 2.83. The molecule has 2 atom stereocenters. The Balaban J connectivity index is 1.78. The number of hydrogen-bond donors (Lipinski definition) is 0. The van der Waals surface area contributed by atoms with Gasteiger partial charge >= 0.3 is 0 Å². The van der Waals surface area contributed by atoms with Gasteiger partial charge in [-0.15, -0.1) is 0 Å². The molecule has 8 nitrogen and oxygen atoms in total. The first-order valence-corrected chi connectivity index (χ1v) is 10.4. The lowest BCUT2D eigenvalue weighted by Gasteiger charge is -2.44. The molecule has 3 rings (SSSR count). The van der Waals surface area contributed by atoms with Gasteiger partial charge < -0.3 is 28.7 Å². The maximum Gasteiger partial charge on any atom is 0.254 e. The molecule has 0 unspecified atom stereocenters. The van der Waals surface area contributed by atoms with Crippen LogP contribution in [0.25, 0.3) is 0 Å². The highest BCUT2D eigenvalue weighted by molar-refractivity contribution is 5.97. The minimum atomic E-state index is -0.157. The molecule has 1 aliphatic rings. The van der Waals surface area contributed by atoms with Gasteiger partial charge in [-0.2, -0.15) is 0 Å². The molecule has 0 aliphatic carbocycles. The van der Waals surface area contributed by atoms with Crippen molar-refractivity contribution >= 4 is 11.8 Å². The molecule has 0 bridgehead atoms. The van der Waals surface area contributed by atoms with E-state index in [0.29, 0.717) is 47.2 Å². The number of rotatable bonds is 6. The number of piperazine rings is 1. The minimum Gasteiger partial charge on any atom is -0.493 e. The fraction of sp³-hybridized carbons (Fsp3) is 0.417. The number of benzene rings is 2. The van der Waals surface area contributed by atoms with Crippen molar-refractivity contribution in [3.8, 4) is 23.0 Å². The first-order chi connectivity index (χ1) is 15.3. The zero-order valence-electron chi connectivity index (χ0n) is 19.4. The predicted octanol–water partition coefficient (Wildman–Crippen LogP) is 3.10. The van der Waals surface area contributed by atoms with E-state index in [-0.39, 0.29) is 23.9 Å². The summed E-state index contributed by atoms with van der Waals surface area (Å²) in [6.07, 6.45) is 0. The number of carbonyl (C=O) groups is 2. The summed E-state index contributed by atoms with van der Waals surface area (Å²) in [5, 5.41) is 0. The molecule has 0 aromatic heterocycles. The van der Waals surface area contributed by atoms with Gasteiger partial charge in [-0.3, -0.25) is 9.59 Å². The van der Waals surface area contributed by atoms with Crippen LogP contribution in [0.4, 0.5) is 0 Å². The molecule has 2 aromatic carbocycles. The lowest BCUT2D eigenvalue weighted by molar-refractivity contribution is 0.0269. The molecule has 1 saturated heterocycles. The fourth-order valence-corrected chi connectivity index (χ4v) is 3.96. The van der Waals surface area contributed by atoms with Gasteiger partial charge in [-0.25, -0.2) is 0 Å². The first kappa shape index (κ1) is 23.2. The van der Waals surface area contributed by atoms with E-state index in [1.165, 1.54) is 14.2 Å². The number of methoxy groups -OCH3 is 4. The second-order valence-corrected chi connectivity index (χ2v) is 7.75. The van der Waals surface area contributed by atoms with Crippen LogP contribution in [0.1, 0.15) is 34.6 Å². The quantitative estimate of drug-likeness (QED) is 0.684. The van der Waals surface area contributed by atoms with E-state index in [0.717, 1.165) is 0 Å². The summed E-state index contributed by atoms with van der Waals surface area (Å²) < 4.78 is 21.2. The van der Waals surface area contributed by atoms with Gasteiger partial charge in [0, 0.05) is 36.3 Å². The fourth-order valence-electron chi connectivity index (χ4n) is 3.96. The van der Waals surface area contributed by atoms with E-state index < -0.39 is 0 Å². The van der Waals surface area contributed by atoms with Crippen LogP contribution < -0.4 is 18.9 Å². The van der Waals surface area contributed by atoms with Crippen molar-refractivity contribution in [2.45, 2.75) is 25.9 Å². The zero-order chi connectivity index (χ0) is 23.4. The van der Waals surface area contributed by atoms with Gasteiger partial charge in [-0.05, 0) is 50.2 Å². The second-order valence-electron chi connectivity index (χ2n) is 7.75. The highest BCUT2D eigenvalue weighted by Crippen LogP contribution is 2.31. The molecule has 0 spiro atoms. The zero-order valence-corrected chi connectivity index (χ0v) is 19.4. The number of carbonyl (C=O) groups excluding carboxylic acids is 2. The first-order valence-electron chi connectivity index (χ1n) is 10.4.